The summed E-state index contributed by atoms with van der Waals surface area (Å²) in [5, 5.41) is 0.848. The fourth-order valence-electron chi connectivity index (χ4n) is 1.70. The molecule has 0 fully saturated rings. The SMILES string of the molecule is Brc1ccc2ncnc(ONc3ccccc3)c2c1. The number of para-hydroxylation sites is 1. The molecule has 3 aromatic rings. The maximum atomic E-state index is 5.54. The zero-order chi connectivity index (χ0) is 13.1. The lowest BCUT2D eigenvalue weighted by Crippen LogP contribution is -2.06. The van der Waals surface area contributed by atoms with Gasteiger partial charge in [0.05, 0.1) is 16.6 Å². The minimum atomic E-state index is 0.496. The molecule has 0 saturated heterocycles. The molecule has 0 bridgehead atoms. The van der Waals surface area contributed by atoms with Gasteiger partial charge in [0, 0.05) is 4.47 Å². The first kappa shape index (κ1) is 11.9. The topological polar surface area (TPSA) is 47.0 Å². The minimum absolute atomic E-state index is 0.496. The first-order valence-corrected chi connectivity index (χ1v) is 6.50. The third kappa shape index (κ3) is 2.66. The van der Waals surface area contributed by atoms with E-state index in [0.29, 0.717) is 5.88 Å². The highest BCUT2D eigenvalue weighted by Gasteiger charge is 2.05. The lowest BCUT2D eigenvalue weighted by Gasteiger charge is -2.09. The number of aromatic nitrogens is 2. The molecule has 5 heteroatoms. The molecule has 1 N–H and O–H groups in total. The summed E-state index contributed by atoms with van der Waals surface area (Å²) in [7, 11) is 0. The lowest BCUT2D eigenvalue weighted by molar-refractivity contribution is 0.393. The monoisotopic (exact) mass is 315 g/mol. The van der Waals surface area contributed by atoms with Crippen LogP contribution < -0.4 is 10.3 Å². The molecule has 0 aliphatic rings. The largest absolute Gasteiger partial charge is 0.361 e. The fraction of sp³-hybridized carbons (Fsp3) is 0. The Balaban J connectivity index is 1.90. The molecule has 19 heavy (non-hydrogen) atoms. The molecule has 2 aromatic carbocycles. The van der Waals surface area contributed by atoms with Crippen LogP contribution in [0.5, 0.6) is 5.88 Å². The molecule has 1 aromatic heterocycles. The van der Waals surface area contributed by atoms with E-state index in [1.54, 1.807) is 0 Å². The number of hydrogen-bond donors (Lipinski definition) is 1. The second kappa shape index (κ2) is 5.24. The molecule has 0 amide bonds. The van der Waals surface area contributed by atoms with Crippen LogP contribution in [0, 0.1) is 0 Å². The second-order valence-corrected chi connectivity index (χ2v) is 4.83. The molecule has 3 rings (SSSR count). The molecule has 0 aliphatic carbocycles. The van der Waals surface area contributed by atoms with Crippen LogP contribution in [-0.4, -0.2) is 9.97 Å². The highest BCUT2D eigenvalue weighted by molar-refractivity contribution is 9.10. The van der Waals surface area contributed by atoms with E-state index in [0.717, 1.165) is 21.1 Å². The van der Waals surface area contributed by atoms with Crippen molar-refractivity contribution < 1.29 is 4.84 Å². The van der Waals surface area contributed by atoms with Gasteiger partial charge in [-0.1, -0.05) is 34.1 Å². The zero-order valence-electron chi connectivity index (χ0n) is 9.88. The predicted octanol–water partition coefficient (Wildman–Crippen LogP) is 3.80. The van der Waals surface area contributed by atoms with Gasteiger partial charge in [-0.15, -0.1) is 0 Å². The average molecular weight is 316 g/mol. The van der Waals surface area contributed by atoms with Crippen molar-refractivity contribution in [1.29, 1.82) is 0 Å². The number of nitrogens with zero attached hydrogens (tertiary/aromatic N) is 2. The Bertz CT molecular complexity index is 703. The van der Waals surface area contributed by atoms with Crippen LogP contribution in [0.3, 0.4) is 0 Å². The zero-order valence-corrected chi connectivity index (χ0v) is 11.5. The first-order valence-electron chi connectivity index (χ1n) is 5.71. The molecule has 0 spiro atoms. The maximum Gasteiger partial charge on any atom is 0.256 e. The minimum Gasteiger partial charge on any atom is -0.361 e. The van der Waals surface area contributed by atoms with Crippen molar-refractivity contribution in [1.82, 2.24) is 9.97 Å². The molecular weight excluding hydrogens is 306 g/mol. The molecule has 0 aliphatic heterocycles. The molecule has 0 unspecified atom stereocenters. The summed E-state index contributed by atoms with van der Waals surface area (Å²) in [6.45, 7) is 0. The van der Waals surface area contributed by atoms with Crippen LogP contribution in [0.4, 0.5) is 5.69 Å². The maximum absolute atomic E-state index is 5.54. The number of halogens is 1. The van der Waals surface area contributed by atoms with E-state index in [1.165, 1.54) is 6.33 Å². The normalized spacial score (nSPS) is 10.4. The van der Waals surface area contributed by atoms with E-state index < -0.39 is 0 Å². The van der Waals surface area contributed by atoms with Gasteiger partial charge in [-0.05, 0) is 30.3 Å². The Morgan fingerprint density at radius 2 is 1.84 bits per heavy atom. The molecule has 4 nitrogen and oxygen atoms in total. The van der Waals surface area contributed by atoms with Crippen molar-refractivity contribution in [2.45, 2.75) is 0 Å². The Kier molecular flexibility index (Phi) is 3.29. The Hall–Kier alpha value is -2.14. The Morgan fingerprint density at radius 3 is 2.68 bits per heavy atom. The summed E-state index contributed by atoms with van der Waals surface area (Å²) >= 11 is 3.43. The van der Waals surface area contributed by atoms with Crippen LogP contribution in [0.1, 0.15) is 0 Å². The van der Waals surface area contributed by atoms with Crippen molar-refractivity contribution in [3.05, 3.63) is 59.3 Å². The number of benzene rings is 2. The number of anilines is 1. The van der Waals surface area contributed by atoms with Gasteiger partial charge in [0.25, 0.3) is 5.88 Å². The standard InChI is InChI=1S/C14H10BrN3O/c15-10-6-7-13-12(8-10)14(17-9-16-13)19-18-11-4-2-1-3-5-11/h1-9,18H. The van der Waals surface area contributed by atoms with E-state index in [9.17, 15) is 0 Å². The van der Waals surface area contributed by atoms with Crippen molar-refractivity contribution >= 4 is 32.5 Å². The smallest absolute Gasteiger partial charge is 0.256 e. The van der Waals surface area contributed by atoms with Crippen molar-refractivity contribution in [2.75, 3.05) is 5.48 Å². The lowest BCUT2D eigenvalue weighted by atomic mass is 10.2. The molecule has 0 atom stereocenters. The molecule has 1 heterocycles. The van der Waals surface area contributed by atoms with E-state index in [4.69, 9.17) is 4.84 Å². The van der Waals surface area contributed by atoms with Gasteiger partial charge < -0.3 is 4.84 Å². The van der Waals surface area contributed by atoms with Crippen LogP contribution in [0.2, 0.25) is 0 Å². The van der Waals surface area contributed by atoms with Gasteiger partial charge >= 0.3 is 0 Å². The van der Waals surface area contributed by atoms with Crippen molar-refractivity contribution in [3.63, 3.8) is 0 Å². The predicted molar refractivity (Wildman–Crippen MR) is 77.9 cm³/mol. The summed E-state index contributed by atoms with van der Waals surface area (Å²) in [4.78, 5) is 13.9. The fourth-order valence-corrected chi connectivity index (χ4v) is 2.06. The number of rotatable bonds is 3. The van der Waals surface area contributed by atoms with Gasteiger partial charge in [-0.3, -0.25) is 0 Å². The molecule has 0 saturated carbocycles. The highest BCUT2D eigenvalue weighted by Crippen LogP contribution is 2.25. The Labute approximate surface area is 118 Å². The van der Waals surface area contributed by atoms with Crippen LogP contribution in [0.15, 0.2) is 59.3 Å². The van der Waals surface area contributed by atoms with Crippen LogP contribution >= 0.6 is 15.9 Å². The second-order valence-electron chi connectivity index (χ2n) is 3.91. The quantitative estimate of drug-likeness (QED) is 0.747. The van der Waals surface area contributed by atoms with Gasteiger partial charge in [0.15, 0.2) is 0 Å². The Morgan fingerprint density at radius 1 is 1.00 bits per heavy atom. The van der Waals surface area contributed by atoms with Gasteiger partial charge in [-0.25, -0.2) is 10.5 Å². The number of nitrogens with one attached hydrogen (secondary N) is 1. The summed E-state index contributed by atoms with van der Waals surface area (Å²) in [6, 6.07) is 15.4. The van der Waals surface area contributed by atoms with E-state index in [-0.39, 0.29) is 0 Å². The third-order valence-corrected chi connectivity index (χ3v) is 3.09. The highest BCUT2D eigenvalue weighted by atomic mass is 79.9. The molecule has 94 valence electrons. The summed E-state index contributed by atoms with van der Waals surface area (Å²) < 4.78 is 0.958. The van der Waals surface area contributed by atoms with Gasteiger partial charge in [0.2, 0.25) is 0 Å². The van der Waals surface area contributed by atoms with Crippen molar-refractivity contribution in [3.8, 4) is 5.88 Å². The van der Waals surface area contributed by atoms with E-state index in [1.807, 2.05) is 48.5 Å². The summed E-state index contributed by atoms with van der Waals surface area (Å²) in [5.74, 6) is 0.496. The summed E-state index contributed by atoms with van der Waals surface area (Å²) in [5.41, 5.74) is 4.57. The third-order valence-electron chi connectivity index (χ3n) is 2.60. The average Bonchev–Trinajstić information content (AvgIpc) is 2.46. The number of fused-ring (bicyclic) bond motifs is 1. The first-order chi connectivity index (χ1) is 9.33. The van der Waals surface area contributed by atoms with Crippen LogP contribution in [0.25, 0.3) is 10.9 Å². The summed E-state index contributed by atoms with van der Waals surface area (Å²) in [6.07, 6.45) is 1.48. The molecule has 0 radical (unpaired) electrons. The van der Waals surface area contributed by atoms with Gasteiger partial charge in [-0.2, -0.15) is 4.98 Å². The van der Waals surface area contributed by atoms with E-state index >= 15 is 0 Å². The van der Waals surface area contributed by atoms with Crippen molar-refractivity contribution in [2.24, 2.45) is 0 Å². The number of hydrogen-bond acceptors (Lipinski definition) is 4. The van der Waals surface area contributed by atoms with Crippen LogP contribution in [-0.2, 0) is 0 Å². The molecular formula is C14H10BrN3O. The van der Waals surface area contributed by atoms with E-state index in [2.05, 4.69) is 31.4 Å². The van der Waals surface area contributed by atoms with Gasteiger partial charge in [0.1, 0.15) is 6.33 Å².